The van der Waals surface area contributed by atoms with E-state index in [1.807, 2.05) is 43.3 Å². The maximum Gasteiger partial charge on any atom is 0.276 e. The lowest BCUT2D eigenvalue weighted by Crippen LogP contribution is -2.30. The molecule has 5 rings (SSSR count). The molecular formula is C27H30N4O3. The molecule has 0 unspecified atom stereocenters. The van der Waals surface area contributed by atoms with Gasteiger partial charge in [-0.3, -0.25) is 9.89 Å². The number of anilines is 1. The average molecular weight is 459 g/mol. The molecule has 4 aromatic rings. The number of H-pyrrole nitrogens is 1. The standard InChI is InChI=1S/C27H30N4O3/c1-18-21(16-19-12-13-22(33-2)23(17-19)34-3)27(32)31-26(28-18)25(30-14-8-5-9-15-30)24(29-31)20-10-6-4-7-11-20/h4,6-7,10-13,17,29H,5,8-9,14-16H2,1-3H3. The molecule has 1 saturated heterocycles. The van der Waals surface area contributed by atoms with Gasteiger partial charge in [-0.2, -0.15) is 4.52 Å². The number of rotatable bonds is 6. The van der Waals surface area contributed by atoms with Crippen LogP contribution >= 0.6 is 0 Å². The second-order valence-electron chi connectivity index (χ2n) is 8.76. The predicted octanol–water partition coefficient (Wildman–Crippen LogP) is 4.60. The van der Waals surface area contributed by atoms with Crippen molar-refractivity contribution in [1.29, 1.82) is 0 Å². The van der Waals surface area contributed by atoms with Crippen molar-refractivity contribution in [3.05, 3.63) is 75.7 Å². The molecule has 1 aliphatic heterocycles. The monoisotopic (exact) mass is 458 g/mol. The number of piperidine rings is 1. The van der Waals surface area contributed by atoms with Gasteiger partial charge in [-0.05, 0) is 43.9 Å². The third kappa shape index (κ3) is 3.91. The van der Waals surface area contributed by atoms with E-state index in [-0.39, 0.29) is 5.56 Å². The van der Waals surface area contributed by atoms with Crippen LogP contribution < -0.4 is 19.9 Å². The summed E-state index contributed by atoms with van der Waals surface area (Å²) in [7, 11) is 3.23. The Labute approximate surface area is 198 Å². The van der Waals surface area contributed by atoms with Crippen molar-refractivity contribution in [1.82, 2.24) is 14.6 Å². The van der Waals surface area contributed by atoms with Crippen molar-refractivity contribution >= 4 is 11.3 Å². The maximum absolute atomic E-state index is 13.7. The van der Waals surface area contributed by atoms with E-state index in [2.05, 4.69) is 22.1 Å². The molecule has 1 fully saturated rings. The van der Waals surface area contributed by atoms with Gasteiger partial charge in [-0.15, -0.1) is 0 Å². The lowest BCUT2D eigenvalue weighted by molar-refractivity contribution is 0.354. The van der Waals surface area contributed by atoms with E-state index < -0.39 is 0 Å². The highest BCUT2D eigenvalue weighted by Gasteiger charge is 2.24. The van der Waals surface area contributed by atoms with Crippen LogP contribution in [0.1, 0.15) is 36.1 Å². The smallest absolute Gasteiger partial charge is 0.276 e. The van der Waals surface area contributed by atoms with E-state index in [4.69, 9.17) is 14.5 Å². The highest BCUT2D eigenvalue weighted by atomic mass is 16.5. The molecule has 7 heteroatoms. The second-order valence-corrected chi connectivity index (χ2v) is 8.76. The minimum Gasteiger partial charge on any atom is -0.493 e. The van der Waals surface area contributed by atoms with E-state index >= 15 is 0 Å². The number of benzene rings is 2. The lowest BCUT2D eigenvalue weighted by atomic mass is 10.0. The molecule has 34 heavy (non-hydrogen) atoms. The van der Waals surface area contributed by atoms with Gasteiger partial charge in [0.1, 0.15) is 5.69 Å². The van der Waals surface area contributed by atoms with Crippen molar-refractivity contribution < 1.29 is 9.47 Å². The van der Waals surface area contributed by atoms with Crippen molar-refractivity contribution in [2.24, 2.45) is 0 Å². The number of aryl methyl sites for hydroxylation is 1. The summed E-state index contributed by atoms with van der Waals surface area (Å²) in [5, 5.41) is 3.40. The van der Waals surface area contributed by atoms with E-state index in [1.165, 1.54) is 6.42 Å². The van der Waals surface area contributed by atoms with Crippen LogP contribution in [-0.2, 0) is 6.42 Å². The predicted molar refractivity (Wildman–Crippen MR) is 134 cm³/mol. The average Bonchev–Trinajstić information content (AvgIpc) is 3.27. The highest BCUT2D eigenvalue weighted by molar-refractivity contribution is 5.86. The quantitative estimate of drug-likeness (QED) is 0.457. The fourth-order valence-corrected chi connectivity index (χ4v) is 4.82. The maximum atomic E-state index is 13.7. The number of fused-ring (bicyclic) bond motifs is 1. The van der Waals surface area contributed by atoms with Gasteiger partial charge in [0.25, 0.3) is 5.56 Å². The van der Waals surface area contributed by atoms with E-state index in [9.17, 15) is 4.79 Å². The summed E-state index contributed by atoms with van der Waals surface area (Å²) in [6, 6.07) is 15.9. The van der Waals surface area contributed by atoms with Crippen LogP contribution in [0, 0.1) is 6.92 Å². The minimum absolute atomic E-state index is 0.0716. The van der Waals surface area contributed by atoms with Crippen molar-refractivity contribution in [3.8, 4) is 22.8 Å². The number of aromatic nitrogens is 3. The number of nitrogens with one attached hydrogen (secondary N) is 1. The molecule has 1 N–H and O–H groups in total. The van der Waals surface area contributed by atoms with Gasteiger partial charge in [-0.25, -0.2) is 4.98 Å². The molecule has 0 atom stereocenters. The molecule has 0 aliphatic carbocycles. The topological polar surface area (TPSA) is 71.9 Å². The number of hydrogen-bond acceptors (Lipinski definition) is 5. The van der Waals surface area contributed by atoms with Crippen LogP contribution in [0.15, 0.2) is 53.3 Å². The van der Waals surface area contributed by atoms with Crippen molar-refractivity contribution in [3.63, 3.8) is 0 Å². The highest BCUT2D eigenvalue weighted by Crippen LogP contribution is 2.35. The van der Waals surface area contributed by atoms with Gasteiger partial charge in [0.15, 0.2) is 17.1 Å². The summed E-state index contributed by atoms with van der Waals surface area (Å²) in [6.07, 6.45) is 3.99. The number of hydrogen-bond donors (Lipinski definition) is 1. The van der Waals surface area contributed by atoms with Crippen LogP contribution in [0.5, 0.6) is 11.5 Å². The van der Waals surface area contributed by atoms with E-state index in [0.717, 1.165) is 54.1 Å². The SMILES string of the molecule is COc1ccc(Cc2c(C)nc3c(N4CCCCC4)c(-c4ccccc4)[nH]n3c2=O)cc1OC. The fourth-order valence-electron chi connectivity index (χ4n) is 4.82. The molecule has 0 bridgehead atoms. The summed E-state index contributed by atoms with van der Waals surface area (Å²) >= 11 is 0. The second kappa shape index (κ2) is 9.25. The zero-order valence-electron chi connectivity index (χ0n) is 19.9. The van der Waals surface area contributed by atoms with Crippen molar-refractivity contribution in [2.75, 3.05) is 32.2 Å². The number of ether oxygens (including phenoxy) is 2. The first-order valence-electron chi connectivity index (χ1n) is 11.8. The molecule has 2 aromatic carbocycles. The first-order chi connectivity index (χ1) is 16.6. The van der Waals surface area contributed by atoms with Crippen molar-refractivity contribution in [2.45, 2.75) is 32.6 Å². The summed E-state index contributed by atoms with van der Waals surface area (Å²) in [6.45, 7) is 3.86. The normalized spacial score (nSPS) is 13.9. The Hall–Kier alpha value is -3.74. The van der Waals surface area contributed by atoms with Gasteiger partial charge in [0.2, 0.25) is 0 Å². The third-order valence-electron chi connectivity index (χ3n) is 6.62. The number of aromatic amines is 1. The molecule has 2 aromatic heterocycles. The van der Waals surface area contributed by atoms with Gasteiger partial charge >= 0.3 is 0 Å². The van der Waals surface area contributed by atoms with E-state index in [0.29, 0.717) is 29.1 Å². The molecule has 0 saturated carbocycles. The first kappa shape index (κ1) is 22.1. The molecule has 176 valence electrons. The van der Waals surface area contributed by atoms with E-state index in [1.54, 1.807) is 18.7 Å². The zero-order valence-corrected chi connectivity index (χ0v) is 19.9. The fraction of sp³-hybridized carbons (Fsp3) is 0.333. The Kier molecular flexibility index (Phi) is 6.01. The van der Waals surface area contributed by atoms with Gasteiger partial charge in [-0.1, -0.05) is 36.4 Å². The largest absolute Gasteiger partial charge is 0.493 e. The summed E-state index contributed by atoms with van der Waals surface area (Å²) < 4.78 is 12.4. The molecule has 0 radical (unpaired) electrons. The first-order valence-corrected chi connectivity index (χ1v) is 11.8. The van der Waals surface area contributed by atoms with Gasteiger partial charge in [0, 0.05) is 36.3 Å². The molecule has 0 amide bonds. The van der Waals surface area contributed by atoms with Gasteiger partial charge in [0.05, 0.1) is 19.9 Å². The summed E-state index contributed by atoms with van der Waals surface area (Å²) in [5.41, 5.74) is 6.00. The Morgan fingerprint density at radius 1 is 0.971 bits per heavy atom. The Balaban J connectivity index is 1.65. The number of methoxy groups -OCH3 is 2. The van der Waals surface area contributed by atoms with Gasteiger partial charge < -0.3 is 14.4 Å². The number of nitrogens with zero attached hydrogens (tertiary/aromatic N) is 3. The van der Waals surface area contributed by atoms with Crippen LogP contribution in [0.2, 0.25) is 0 Å². The Morgan fingerprint density at radius 3 is 2.41 bits per heavy atom. The Morgan fingerprint density at radius 2 is 1.71 bits per heavy atom. The molecule has 3 heterocycles. The Bertz CT molecular complexity index is 1370. The summed E-state index contributed by atoms with van der Waals surface area (Å²) in [4.78, 5) is 21.1. The lowest BCUT2D eigenvalue weighted by Gasteiger charge is -2.28. The molecule has 1 aliphatic rings. The minimum atomic E-state index is -0.0716. The molecule has 0 spiro atoms. The molecular weight excluding hydrogens is 428 g/mol. The van der Waals surface area contributed by atoms with Crippen LogP contribution in [0.3, 0.4) is 0 Å². The van der Waals surface area contributed by atoms with Crippen LogP contribution in [0.4, 0.5) is 5.69 Å². The van der Waals surface area contributed by atoms with Crippen LogP contribution in [0.25, 0.3) is 16.9 Å². The van der Waals surface area contributed by atoms with Crippen LogP contribution in [-0.4, -0.2) is 41.9 Å². The molecule has 7 nitrogen and oxygen atoms in total. The summed E-state index contributed by atoms with van der Waals surface area (Å²) in [5.74, 6) is 1.31. The third-order valence-corrected chi connectivity index (χ3v) is 6.62. The zero-order chi connectivity index (χ0) is 23.7.